The lowest BCUT2D eigenvalue weighted by Gasteiger charge is -2.35. The van der Waals surface area contributed by atoms with Gasteiger partial charge in [0.25, 0.3) is 11.8 Å². The fraction of sp³-hybridized carbons (Fsp3) is 0.404. The van der Waals surface area contributed by atoms with Gasteiger partial charge in [-0.25, -0.2) is 19.9 Å². The highest BCUT2D eigenvalue weighted by molar-refractivity contribution is 6.02. The molecular formula is C57H64N14O6. The molecule has 4 aliphatic rings. The second-order valence-electron chi connectivity index (χ2n) is 20.7. The molecule has 8 heterocycles. The van der Waals surface area contributed by atoms with Gasteiger partial charge >= 0.3 is 0 Å². The zero-order valence-corrected chi connectivity index (χ0v) is 44.2. The number of nitrogens with zero attached hydrogens (tertiary/aromatic N) is 11. The molecular weight excluding hydrogens is 977 g/mol. The van der Waals surface area contributed by atoms with E-state index in [2.05, 4.69) is 87.9 Å². The molecule has 4 saturated carbocycles. The summed E-state index contributed by atoms with van der Waals surface area (Å²) in [7, 11) is 10.8. The summed E-state index contributed by atoms with van der Waals surface area (Å²) < 4.78 is 29.9. The maximum atomic E-state index is 13.5. The summed E-state index contributed by atoms with van der Waals surface area (Å²) in [6, 6.07) is 23.0. The smallest absolute Gasteiger partial charge is 0.257 e. The van der Waals surface area contributed by atoms with E-state index < -0.39 is 0 Å². The highest BCUT2D eigenvalue weighted by atomic mass is 16.5. The lowest BCUT2D eigenvalue weighted by atomic mass is 9.89. The van der Waals surface area contributed by atoms with Gasteiger partial charge in [0, 0.05) is 120 Å². The minimum atomic E-state index is -0.192. The van der Waals surface area contributed by atoms with Crippen molar-refractivity contribution in [2.75, 3.05) is 52.8 Å². The Kier molecular flexibility index (Phi) is 13.6. The van der Waals surface area contributed by atoms with Crippen LogP contribution < -0.4 is 20.9 Å². The van der Waals surface area contributed by atoms with Crippen molar-refractivity contribution in [3.8, 4) is 22.5 Å². The molecule has 0 saturated heterocycles. The Bertz CT molecular complexity index is 3610. The quantitative estimate of drug-likeness (QED) is 0.0849. The van der Waals surface area contributed by atoms with E-state index in [1.54, 1.807) is 49.9 Å². The Morgan fingerprint density at radius 1 is 0.623 bits per heavy atom. The van der Waals surface area contributed by atoms with Crippen molar-refractivity contribution in [2.24, 2.45) is 0 Å². The number of nitrogens with one attached hydrogen (secondary N) is 3. The first kappa shape index (κ1) is 50.1. The van der Waals surface area contributed by atoms with Crippen LogP contribution in [0.25, 0.3) is 55.9 Å². The van der Waals surface area contributed by atoms with Gasteiger partial charge in [-0.15, -0.1) is 0 Å². The van der Waals surface area contributed by atoms with Crippen LogP contribution in [0.4, 0.5) is 11.6 Å². The van der Waals surface area contributed by atoms with Crippen LogP contribution in [0.3, 0.4) is 0 Å². The Hall–Kier alpha value is -7.78. The van der Waals surface area contributed by atoms with Crippen molar-refractivity contribution in [1.29, 1.82) is 0 Å². The molecule has 0 radical (unpaired) electrons. The highest BCUT2D eigenvalue weighted by Gasteiger charge is 2.37. The number of amides is 2. The van der Waals surface area contributed by atoms with Crippen molar-refractivity contribution < 1.29 is 28.5 Å². The van der Waals surface area contributed by atoms with Crippen molar-refractivity contribution in [3.63, 3.8) is 0 Å². The van der Waals surface area contributed by atoms with Crippen LogP contribution in [-0.4, -0.2) is 139 Å². The molecule has 3 N–H and O–H groups in total. The van der Waals surface area contributed by atoms with E-state index in [-0.39, 0.29) is 48.3 Å². The Balaban J connectivity index is 0.000000157. The fourth-order valence-electron chi connectivity index (χ4n) is 11.3. The Morgan fingerprint density at radius 3 is 1.61 bits per heavy atom. The molecule has 13 rings (SSSR count). The van der Waals surface area contributed by atoms with Crippen LogP contribution in [0.1, 0.15) is 89.7 Å². The zero-order chi connectivity index (χ0) is 52.9. The van der Waals surface area contributed by atoms with E-state index in [0.29, 0.717) is 41.0 Å². The number of carbonyl (C=O) groups excluding carboxylic acids is 2. The molecule has 0 spiro atoms. The molecule has 8 aromatic heterocycles. The van der Waals surface area contributed by atoms with Crippen molar-refractivity contribution in [2.45, 2.75) is 106 Å². The molecule has 20 heteroatoms. The van der Waals surface area contributed by atoms with Gasteiger partial charge in [-0.2, -0.15) is 19.2 Å². The SMILES string of the molecule is CNc1cc(-c2cn(C3CC(OC)C3)c3ncccc23)nc2c(C(=O)NC3CC[C@@H]3OC)cnn12.COC1CC(n2cc(-c3cc(N(C)Cc4ccccc4)n4ncc(C(=O)NC5CC[C@@H]5OC)c4n3)c3cccnc32)C1. The average Bonchev–Trinajstić information content (AvgIpc) is 4.35. The number of carbonyl (C=O) groups is 2. The minimum absolute atomic E-state index is 0.0108. The number of methoxy groups -OCH3 is 4. The second-order valence-corrected chi connectivity index (χ2v) is 20.7. The number of hydrogen-bond donors (Lipinski definition) is 3. The monoisotopic (exact) mass is 1040 g/mol. The molecule has 0 bridgehead atoms. The first-order valence-corrected chi connectivity index (χ1v) is 26.5. The molecule has 2 amide bonds. The Morgan fingerprint density at radius 2 is 1.13 bits per heavy atom. The summed E-state index contributed by atoms with van der Waals surface area (Å²) in [5.74, 6) is 1.20. The van der Waals surface area contributed by atoms with Gasteiger partial charge in [0.15, 0.2) is 11.3 Å². The number of fused-ring (bicyclic) bond motifs is 4. The maximum absolute atomic E-state index is 13.5. The molecule has 4 atom stereocenters. The average molecular weight is 1040 g/mol. The van der Waals surface area contributed by atoms with E-state index in [0.717, 1.165) is 108 Å². The standard InChI is InChI=1S/C32H35N7O3.C25H29N7O3/c1-37(18-20-8-5-4-6-9-20)29-16-27(25-19-38(21-14-22(15-21)41-2)30-23(25)10-7-13-33-30)35-31-24(17-34-39(29)31)32(40)36-26-11-12-28(26)42-3;1-26-22-11-20(18-13-31(14-9-15(10-14)34-2)23-16(18)5-4-8-27-23)29-24-17(12-28-32(22)24)25(33)30-19-6-7-21(19)35-3/h4-10,13,16-17,19,21-22,26,28H,11-12,14-15,18H2,1-3H3,(H,36,40);4-5,8,11-15,19,21,26H,6-7,9-10H2,1-3H3,(H,30,33)/t21?,22?,26?,28-;14?,15?,19?,21-/m00/s1. The topological polar surface area (TPSA) is 206 Å². The molecule has 4 fully saturated rings. The lowest BCUT2D eigenvalue weighted by Crippen LogP contribution is -2.51. The summed E-state index contributed by atoms with van der Waals surface area (Å²) >= 11 is 0. The molecule has 9 aromatic rings. The normalized spacial score (nSPS) is 22.6. The van der Waals surface area contributed by atoms with Gasteiger partial charge in [0.2, 0.25) is 0 Å². The number of anilines is 2. The number of aromatic nitrogens is 10. The predicted molar refractivity (Wildman–Crippen MR) is 292 cm³/mol. The minimum Gasteiger partial charge on any atom is -0.381 e. The van der Waals surface area contributed by atoms with Gasteiger partial charge in [-0.05, 0) is 81.2 Å². The third kappa shape index (κ3) is 9.21. The number of benzene rings is 1. The highest BCUT2D eigenvalue weighted by Crippen LogP contribution is 2.42. The van der Waals surface area contributed by atoms with Gasteiger partial charge in [-0.3, -0.25) is 9.59 Å². The van der Waals surface area contributed by atoms with Gasteiger partial charge in [0.05, 0.1) is 60.3 Å². The molecule has 0 aliphatic heterocycles. The van der Waals surface area contributed by atoms with Gasteiger partial charge in [0.1, 0.15) is 34.1 Å². The predicted octanol–water partition coefficient (Wildman–Crippen LogP) is 7.68. The summed E-state index contributed by atoms with van der Waals surface area (Å²) in [5, 5.41) is 20.5. The van der Waals surface area contributed by atoms with E-state index >= 15 is 0 Å². The first-order chi connectivity index (χ1) is 37.6. The second kappa shape index (κ2) is 21.0. The van der Waals surface area contributed by atoms with E-state index in [9.17, 15) is 9.59 Å². The third-order valence-corrected chi connectivity index (χ3v) is 16.3. The zero-order valence-electron chi connectivity index (χ0n) is 44.2. The molecule has 4 aliphatic carbocycles. The van der Waals surface area contributed by atoms with Crippen molar-refractivity contribution >= 4 is 56.8 Å². The summed E-state index contributed by atoms with van der Waals surface area (Å²) in [4.78, 5) is 48.2. The van der Waals surface area contributed by atoms with Crippen molar-refractivity contribution in [1.82, 2.24) is 58.9 Å². The van der Waals surface area contributed by atoms with Crippen LogP contribution in [-0.2, 0) is 25.5 Å². The maximum Gasteiger partial charge on any atom is 0.257 e. The van der Waals surface area contributed by atoms with Crippen LogP contribution in [0, 0.1) is 0 Å². The largest absolute Gasteiger partial charge is 0.381 e. The van der Waals surface area contributed by atoms with Crippen LogP contribution >= 0.6 is 0 Å². The molecule has 398 valence electrons. The summed E-state index contributed by atoms with van der Waals surface area (Å²) in [5.41, 5.74) is 8.40. The molecule has 77 heavy (non-hydrogen) atoms. The number of rotatable bonds is 16. The molecule has 1 aromatic carbocycles. The van der Waals surface area contributed by atoms with Crippen LogP contribution in [0.5, 0.6) is 0 Å². The van der Waals surface area contributed by atoms with Crippen LogP contribution in [0.15, 0.2) is 104 Å². The third-order valence-electron chi connectivity index (χ3n) is 16.3. The summed E-state index contributed by atoms with van der Waals surface area (Å²) in [6.45, 7) is 0.669. The van der Waals surface area contributed by atoms with Crippen molar-refractivity contribution in [3.05, 3.63) is 121 Å². The van der Waals surface area contributed by atoms with Gasteiger partial charge < -0.3 is 48.9 Å². The van der Waals surface area contributed by atoms with E-state index in [1.807, 2.05) is 62.9 Å². The summed E-state index contributed by atoms with van der Waals surface area (Å²) in [6.07, 6.45) is 19.3. The van der Waals surface area contributed by atoms with E-state index in [1.165, 1.54) is 5.56 Å². The van der Waals surface area contributed by atoms with E-state index in [4.69, 9.17) is 33.9 Å². The Labute approximate surface area is 445 Å². The number of ether oxygens (including phenoxy) is 4. The van der Waals surface area contributed by atoms with Gasteiger partial charge in [-0.1, -0.05) is 30.3 Å². The number of pyridine rings is 2. The van der Waals surface area contributed by atoms with Crippen LogP contribution in [0.2, 0.25) is 0 Å². The number of hydrogen-bond acceptors (Lipinski definition) is 14. The first-order valence-electron chi connectivity index (χ1n) is 26.5. The fourth-order valence-corrected chi connectivity index (χ4v) is 11.3. The molecule has 20 nitrogen and oxygen atoms in total. The lowest BCUT2D eigenvalue weighted by molar-refractivity contribution is 0.00723. The molecule has 2 unspecified atom stereocenters.